The smallest absolute Gasteiger partial charge is 0.246 e. The highest BCUT2D eigenvalue weighted by molar-refractivity contribution is 5.96. The van der Waals surface area contributed by atoms with Crippen molar-refractivity contribution >= 4 is 40.4 Å². The molecule has 13 heteroatoms. The van der Waals surface area contributed by atoms with Crippen LogP contribution in [0.25, 0.3) is 10.9 Å². The number of H-pyrrole nitrogens is 1. The third-order valence-electron chi connectivity index (χ3n) is 10.0. The summed E-state index contributed by atoms with van der Waals surface area (Å²) in [6, 6.07) is 13.0. The lowest BCUT2D eigenvalue weighted by Gasteiger charge is -2.31. The molecule has 0 bridgehead atoms. The van der Waals surface area contributed by atoms with E-state index in [4.69, 9.17) is 0 Å². The molecule has 3 aliphatic heterocycles. The lowest BCUT2D eigenvalue weighted by molar-refractivity contribution is -0.142. The minimum absolute atomic E-state index is 0.00147. The zero-order valence-electron chi connectivity index (χ0n) is 28.5. The van der Waals surface area contributed by atoms with Crippen molar-refractivity contribution in [2.24, 2.45) is 0 Å². The molecule has 50 heavy (non-hydrogen) atoms. The molecule has 3 aliphatic rings. The number of hydrogen-bond acceptors (Lipinski definition) is 7. The van der Waals surface area contributed by atoms with Crippen LogP contribution in [0.5, 0.6) is 0 Å². The van der Waals surface area contributed by atoms with Gasteiger partial charge in [-0.2, -0.15) is 0 Å². The molecule has 4 heterocycles. The summed E-state index contributed by atoms with van der Waals surface area (Å²) < 4.78 is 0. The maximum Gasteiger partial charge on any atom is 0.246 e. The van der Waals surface area contributed by atoms with Gasteiger partial charge in [-0.3, -0.25) is 28.9 Å². The molecule has 5 N–H and O–H groups in total. The largest absolute Gasteiger partial charge is 0.391 e. The van der Waals surface area contributed by atoms with Gasteiger partial charge in [0.05, 0.1) is 25.2 Å². The van der Waals surface area contributed by atoms with Gasteiger partial charge >= 0.3 is 0 Å². The van der Waals surface area contributed by atoms with Gasteiger partial charge in [-0.25, -0.2) is 0 Å². The Balaban J connectivity index is 1.35. The van der Waals surface area contributed by atoms with Gasteiger partial charge in [-0.15, -0.1) is 0 Å². The first-order chi connectivity index (χ1) is 24.2. The zero-order valence-corrected chi connectivity index (χ0v) is 28.5. The Morgan fingerprint density at radius 3 is 2.34 bits per heavy atom. The standard InChI is InChI=1S/C37H47N7O6/c1-24-35(48)41-31(25-11-5-4-6-12-25)21-43(34(47)23-42-15-9-2-3-10-16-42)22-33(46)40-30(17-26-19-38-29-14-8-7-13-28(26)29)37(50)44-20-27(45)18-32(44)36(49)39-24/h4-8,11-14,19,24,27,30-32,38,45H,2-3,9-10,15-18,20-23H2,1H3,(H,39,49)(H,40,46)(H,41,48)/t24-,27+,30+,31-,32-/m0/s1. The molecule has 3 saturated heterocycles. The summed E-state index contributed by atoms with van der Waals surface area (Å²) in [4.78, 5) is 77.6. The number of fused-ring (bicyclic) bond motifs is 2. The van der Waals surface area contributed by atoms with Crippen LogP contribution in [-0.2, 0) is 30.4 Å². The van der Waals surface area contributed by atoms with Crippen molar-refractivity contribution in [2.45, 2.75) is 75.7 Å². The number of para-hydroxylation sites is 1. The number of rotatable bonds is 5. The van der Waals surface area contributed by atoms with Gasteiger partial charge in [0.2, 0.25) is 29.5 Å². The molecule has 2 aromatic carbocycles. The van der Waals surface area contributed by atoms with Gasteiger partial charge in [0.1, 0.15) is 18.1 Å². The molecule has 0 radical (unpaired) electrons. The van der Waals surface area contributed by atoms with Crippen LogP contribution < -0.4 is 16.0 Å². The molecule has 266 valence electrons. The minimum atomic E-state index is -1.10. The molecule has 3 fully saturated rings. The second-order valence-corrected chi connectivity index (χ2v) is 13.7. The molecule has 6 rings (SSSR count). The third kappa shape index (κ3) is 8.33. The van der Waals surface area contributed by atoms with E-state index in [-0.39, 0.29) is 44.9 Å². The van der Waals surface area contributed by atoms with Gasteiger partial charge in [0.15, 0.2) is 0 Å². The van der Waals surface area contributed by atoms with Gasteiger partial charge in [-0.05, 0) is 50.0 Å². The fourth-order valence-corrected chi connectivity index (χ4v) is 7.29. The minimum Gasteiger partial charge on any atom is -0.391 e. The highest BCUT2D eigenvalue weighted by Gasteiger charge is 2.42. The Morgan fingerprint density at radius 1 is 0.860 bits per heavy atom. The van der Waals surface area contributed by atoms with E-state index in [9.17, 15) is 29.1 Å². The number of hydrogen-bond donors (Lipinski definition) is 5. The van der Waals surface area contributed by atoms with E-state index in [1.807, 2.05) is 54.6 Å². The maximum atomic E-state index is 14.3. The van der Waals surface area contributed by atoms with E-state index in [1.54, 1.807) is 13.1 Å². The van der Waals surface area contributed by atoms with Crippen LogP contribution >= 0.6 is 0 Å². The highest BCUT2D eigenvalue weighted by Crippen LogP contribution is 2.24. The van der Waals surface area contributed by atoms with Crippen molar-refractivity contribution in [1.82, 2.24) is 35.6 Å². The average Bonchev–Trinajstić information content (AvgIpc) is 3.61. The number of aliphatic hydroxyl groups excluding tert-OH is 1. The van der Waals surface area contributed by atoms with Crippen LogP contribution in [0.3, 0.4) is 0 Å². The van der Waals surface area contributed by atoms with E-state index in [0.717, 1.165) is 60.8 Å². The number of likely N-dealkylation sites (tertiary alicyclic amines) is 1. The molecule has 13 nitrogen and oxygen atoms in total. The number of benzene rings is 2. The third-order valence-corrected chi connectivity index (χ3v) is 10.0. The van der Waals surface area contributed by atoms with Crippen LogP contribution in [0.4, 0.5) is 0 Å². The Bertz CT molecular complexity index is 1690. The van der Waals surface area contributed by atoms with Crippen LogP contribution in [0.15, 0.2) is 60.8 Å². The van der Waals surface area contributed by atoms with E-state index in [2.05, 4.69) is 25.8 Å². The fourth-order valence-electron chi connectivity index (χ4n) is 7.29. The van der Waals surface area contributed by atoms with E-state index in [1.165, 1.54) is 9.80 Å². The first-order valence-corrected chi connectivity index (χ1v) is 17.6. The van der Waals surface area contributed by atoms with Crippen molar-refractivity contribution < 1.29 is 29.1 Å². The Morgan fingerprint density at radius 2 is 1.58 bits per heavy atom. The second kappa shape index (κ2) is 15.9. The fraction of sp³-hybridized carbons (Fsp3) is 0.486. The van der Waals surface area contributed by atoms with Crippen LogP contribution in [0, 0.1) is 0 Å². The quantitative estimate of drug-likeness (QED) is 0.270. The summed E-state index contributed by atoms with van der Waals surface area (Å²) in [5, 5.41) is 20.1. The number of aromatic amines is 1. The van der Waals surface area contributed by atoms with Crippen molar-refractivity contribution in [3.8, 4) is 0 Å². The van der Waals surface area contributed by atoms with E-state index >= 15 is 0 Å². The van der Waals surface area contributed by atoms with Crippen molar-refractivity contribution in [2.75, 3.05) is 39.3 Å². The number of carbonyl (C=O) groups is 5. The molecule has 0 aliphatic carbocycles. The van der Waals surface area contributed by atoms with Crippen molar-refractivity contribution in [3.63, 3.8) is 0 Å². The first kappa shape index (κ1) is 35.1. The number of aliphatic hydroxyl groups is 1. The lowest BCUT2D eigenvalue weighted by atomic mass is 10.0. The van der Waals surface area contributed by atoms with Crippen LogP contribution in [-0.4, -0.2) is 118 Å². The summed E-state index contributed by atoms with van der Waals surface area (Å²) >= 11 is 0. The number of amides is 5. The molecule has 3 aromatic rings. The summed E-state index contributed by atoms with van der Waals surface area (Å²) in [6.07, 6.45) is 5.13. The molecule has 5 atom stereocenters. The number of nitrogens with one attached hydrogen (secondary N) is 4. The van der Waals surface area contributed by atoms with Crippen LogP contribution in [0.2, 0.25) is 0 Å². The molecule has 0 unspecified atom stereocenters. The number of carbonyl (C=O) groups excluding carboxylic acids is 5. The summed E-state index contributed by atoms with van der Waals surface area (Å²) in [6.45, 7) is 2.80. The lowest BCUT2D eigenvalue weighted by Crippen LogP contribution is -2.56. The SMILES string of the molecule is C[C@@H]1NC(=O)[C@@H]2C[C@@H](O)CN2C(=O)[C@@H](Cc2c[nH]c3ccccc23)NC(=O)CN(C(=O)CN2CCCCCC2)C[C@@H](c2ccccc2)NC1=O. The number of aromatic nitrogens is 1. The Hall–Kier alpha value is -4.75. The summed E-state index contributed by atoms with van der Waals surface area (Å²) in [5.74, 6) is -2.40. The molecule has 5 amide bonds. The van der Waals surface area contributed by atoms with Crippen LogP contribution in [0.1, 0.15) is 56.2 Å². The van der Waals surface area contributed by atoms with Gasteiger partial charge in [0.25, 0.3) is 0 Å². The molecular weight excluding hydrogens is 638 g/mol. The van der Waals surface area contributed by atoms with E-state index in [0.29, 0.717) is 0 Å². The normalized spacial score (nSPS) is 26.3. The molecule has 1 aromatic heterocycles. The monoisotopic (exact) mass is 685 g/mol. The predicted molar refractivity (Wildman–Crippen MR) is 186 cm³/mol. The molecule has 0 saturated carbocycles. The highest BCUT2D eigenvalue weighted by atomic mass is 16.3. The van der Waals surface area contributed by atoms with Gasteiger partial charge in [-0.1, -0.05) is 61.4 Å². The van der Waals surface area contributed by atoms with Gasteiger partial charge < -0.3 is 35.8 Å². The average molecular weight is 686 g/mol. The molecule has 0 spiro atoms. The first-order valence-electron chi connectivity index (χ1n) is 17.6. The molecular formula is C37H47N7O6. The van der Waals surface area contributed by atoms with Gasteiger partial charge in [0, 0.05) is 43.0 Å². The Labute approximate surface area is 291 Å². The van der Waals surface area contributed by atoms with E-state index < -0.39 is 53.9 Å². The van der Waals surface area contributed by atoms with Crippen molar-refractivity contribution in [1.29, 1.82) is 0 Å². The maximum absolute atomic E-state index is 14.3. The number of nitrogens with zero attached hydrogens (tertiary/aromatic N) is 3. The summed E-state index contributed by atoms with van der Waals surface area (Å²) in [7, 11) is 0. The zero-order chi connectivity index (χ0) is 35.2. The second-order valence-electron chi connectivity index (χ2n) is 13.7. The topological polar surface area (TPSA) is 167 Å². The Kier molecular flexibility index (Phi) is 11.1. The van der Waals surface area contributed by atoms with Crippen molar-refractivity contribution in [3.05, 3.63) is 71.9 Å². The predicted octanol–water partition coefficient (Wildman–Crippen LogP) is 1.24. The summed E-state index contributed by atoms with van der Waals surface area (Å²) in [5.41, 5.74) is 2.39.